The van der Waals surface area contributed by atoms with Gasteiger partial charge in [0.15, 0.2) is 0 Å². The first kappa shape index (κ1) is 9.94. The van der Waals surface area contributed by atoms with E-state index in [1.807, 2.05) is 13.0 Å². The number of nitrogens with zero attached hydrogens (tertiary/aromatic N) is 3. The molecule has 1 saturated heterocycles. The fraction of sp³-hybridized carbons (Fsp3) is 0.455. The van der Waals surface area contributed by atoms with Crippen molar-refractivity contribution < 1.29 is 4.74 Å². The number of anilines is 1. The lowest BCUT2D eigenvalue weighted by Gasteiger charge is -2.31. The van der Waals surface area contributed by atoms with Gasteiger partial charge in [-0.2, -0.15) is 5.26 Å². The van der Waals surface area contributed by atoms with Gasteiger partial charge in [-0.1, -0.05) is 0 Å². The maximum Gasteiger partial charge on any atom is 0.129 e. The first-order chi connectivity index (χ1) is 7.29. The molecular weight excluding hydrogens is 190 g/mol. The number of ether oxygens (including phenoxy) is 1. The lowest BCUT2D eigenvalue weighted by molar-refractivity contribution is 0.0529. The number of hydrogen-bond donors (Lipinski definition) is 0. The third-order valence-corrected chi connectivity index (χ3v) is 2.44. The summed E-state index contributed by atoms with van der Waals surface area (Å²) in [5.41, 5.74) is 0.652. The van der Waals surface area contributed by atoms with Crippen LogP contribution in [0.3, 0.4) is 0 Å². The molecule has 4 nitrogen and oxygen atoms in total. The molecular formula is C11H13N3O. The van der Waals surface area contributed by atoms with Crippen molar-refractivity contribution in [2.24, 2.45) is 0 Å². The Morgan fingerprint density at radius 2 is 2.53 bits per heavy atom. The van der Waals surface area contributed by atoms with E-state index < -0.39 is 0 Å². The minimum absolute atomic E-state index is 0.228. The van der Waals surface area contributed by atoms with Crippen molar-refractivity contribution >= 4 is 5.82 Å². The first-order valence-electron chi connectivity index (χ1n) is 5.02. The van der Waals surface area contributed by atoms with E-state index in [0.29, 0.717) is 5.56 Å². The summed E-state index contributed by atoms with van der Waals surface area (Å²) in [6, 6.07) is 5.65. The van der Waals surface area contributed by atoms with E-state index in [1.54, 1.807) is 12.3 Å². The first-order valence-corrected chi connectivity index (χ1v) is 5.02. The Hall–Kier alpha value is -1.60. The minimum Gasteiger partial charge on any atom is -0.375 e. The van der Waals surface area contributed by atoms with Gasteiger partial charge < -0.3 is 9.64 Å². The van der Waals surface area contributed by atoms with Crippen LogP contribution in [-0.2, 0) is 4.74 Å². The highest BCUT2D eigenvalue weighted by molar-refractivity contribution is 5.45. The average molecular weight is 203 g/mol. The molecule has 2 heterocycles. The molecule has 1 aromatic heterocycles. The molecule has 0 bridgehead atoms. The summed E-state index contributed by atoms with van der Waals surface area (Å²) in [6.45, 7) is 4.44. The summed E-state index contributed by atoms with van der Waals surface area (Å²) in [7, 11) is 0. The Bertz CT molecular complexity index is 386. The molecule has 1 aliphatic rings. The number of pyridine rings is 1. The van der Waals surface area contributed by atoms with E-state index in [2.05, 4.69) is 16.0 Å². The van der Waals surface area contributed by atoms with Crippen molar-refractivity contribution in [2.75, 3.05) is 24.6 Å². The fourth-order valence-corrected chi connectivity index (χ4v) is 1.69. The fourth-order valence-electron chi connectivity index (χ4n) is 1.69. The summed E-state index contributed by atoms with van der Waals surface area (Å²) >= 11 is 0. The SMILES string of the molecule is CC1CN(c2cc(C#N)ccn2)CCO1. The molecule has 1 atom stereocenters. The van der Waals surface area contributed by atoms with Crippen LogP contribution in [0.25, 0.3) is 0 Å². The number of nitriles is 1. The van der Waals surface area contributed by atoms with Crippen LogP contribution >= 0.6 is 0 Å². The molecule has 0 aliphatic carbocycles. The molecule has 0 spiro atoms. The molecule has 1 unspecified atom stereocenters. The van der Waals surface area contributed by atoms with E-state index in [4.69, 9.17) is 10.00 Å². The second-order valence-corrected chi connectivity index (χ2v) is 3.64. The quantitative estimate of drug-likeness (QED) is 0.687. The molecule has 0 N–H and O–H groups in total. The molecule has 2 rings (SSSR count). The van der Waals surface area contributed by atoms with Gasteiger partial charge in [0.25, 0.3) is 0 Å². The van der Waals surface area contributed by atoms with Crippen molar-refractivity contribution in [3.63, 3.8) is 0 Å². The highest BCUT2D eigenvalue weighted by Gasteiger charge is 2.17. The van der Waals surface area contributed by atoms with Gasteiger partial charge in [-0.25, -0.2) is 4.98 Å². The zero-order chi connectivity index (χ0) is 10.7. The number of morpholine rings is 1. The van der Waals surface area contributed by atoms with E-state index in [9.17, 15) is 0 Å². The number of hydrogen-bond acceptors (Lipinski definition) is 4. The van der Waals surface area contributed by atoms with Crippen LogP contribution in [-0.4, -0.2) is 30.8 Å². The molecule has 15 heavy (non-hydrogen) atoms. The second kappa shape index (κ2) is 4.28. The van der Waals surface area contributed by atoms with E-state index in [0.717, 1.165) is 25.5 Å². The normalized spacial score (nSPS) is 21.1. The summed E-state index contributed by atoms with van der Waals surface area (Å²) in [5, 5.41) is 8.79. The third kappa shape index (κ3) is 2.25. The second-order valence-electron chi connectivity index (χ2n) is 3.64. The zero-order valence-corrected chi connectivity index (χ0v) is 8.68. The van der Waals surface area contributed by atoms with Crippen LogP contribution in [0.1, 0.15) is 12.5 Å². The Balaban J connectivity index is 2.18. The van der Waals surface area contributed by atoms with Gasteiger partial charge in [-0.3, -0.25) is 0 Å². The van der Waals surface area contributed by atoms with Gasteiger partial charge in [0, 0.05) is 19.3 Å². The van der Waals surface area contributed by atoms with Crippen molar-refractivity contribution in [2.45, 2.75) is 13.0 Å². The topological polar surface area (TPSA) is 49.2 Å². The number of rotatable bonds is 1. The van der Waals surface area contributed by atoms with Crippen molar-refractivity contribution in [1.29, 1.82) is 5.26 Å². The lowest BCUT2D eigenvalue weighted by atomic mass is 10.2. The molecule has 0 amide bonds. The van der Waals surface area contributed by atoms with Crippen LogP contribution in [0.4, 0.5) is 5.82 Å². The molecule has 1 aliphatic heterocycles. The zero-order valence-electron chi connectivity index (χ0n) is 8.68. The Morgan fingerprint density at radius 1 is 1.67 bits per heavy atom. The summed E-state index contributed by atoms with van der Waals surface area (Å²) < 4.78 is 5.45. The molecule has 0 aromatic carbocycles. The van der Waals surface area contributed by atoms with E-state index >= 15 is 0 Å². The Morgan fingerprint density at radius 3 is 3.27 bits per heavy atom. The van der Waals surface area contributed by atoms with E-state index in [1.165, 1.54) is 0 Å². The van der Waals surface area contributed by atoms with Gasteiger partial charge in [0.2, 0.25) is 0 Å². The smallest absolute Gasteiger partial charge is 0.129 e. The van der Waals surface area contributed by atoms with Gasteiger partial charge in [-0.15, -0.1) is 0 Å². The molecule has 0 saturated carbocycles. The van der Waals surface area contributed by atoms with Gasteiger partial charge in [0.05, 0.1) is 24.3 Å². The summed E-state index contributed by atoms with van der Waals surface area (Å²) in [4.78, 5) is 6.41. The van der Waals surface area contributed by atoms with Crippen LogP contribution < -0.4 is 4.90 Å². The van der Waals surface area contributed by atoms with Crippen LogP contribution in [0.15, 0.2) is 18.3 Å². The van der Waals surface area contributed by atoms with Crippen molar-refractivity contribution in [1.82, 2.24) is 4.98 Å². The molecule has 1 aromatic rings. The minimum atomic E-state index is 0.228. The van der Waals surface area contributed by atoms with Gasteiger partial charge in [-0.05, 0) is 19.1 Å². The Kier molecular flexibility index (Phi) is 2.84. The van der Waals surface area contributed by atoms with Crippen molar-refractivity contribution in [3.8, 4) is 6.07 Å². The molecule has 4 heteroatoms. The monoisotopic (exact) mass is 203 g/mol. The molecule has 78 valence electrons. The lowest BCUT2D eigenvalue weighted by Crippen LogP contribution is -2.41. The number of aromatic nitrogens is 1. The average Bonchev–Trinajstić information content (AvgIpc) is 2.29. The maximum atomic E-state index is 8.79. The molecule has 1 fully saturated rings. The van der Waals surface area contributed by atoms with Crippen LogP contribution in [0.5, 0.6) is 0 Å². The highest BCUT2D eigenvalue weighted by atomic mass is 16.5. The van der Waals surface area contributed by atoms with Gasteiger partial charge >= 0.3 is 0 Å². The predicted molar refractivity (Wildman–Crippen MR) is 56.6 cm³/mol. The van der Waals surface area contributed by atoms with Gasteiger partial charge in [0.1, 0.15) is 5.82 Å². The highest BCUT2D eigenvalue weighted by Crippen LogP contribution is 2.15. The maximum absolute atomic E-state index is 8.79. The largest absolute Gasteiger partial charge is 0.375 e. The van der Waals surface area contributed by atoms with Crippen LogP contribution in [0.2, 0.25) is 0 Å². The summed E-state index contributed by atoms with van der Waals surface area (Å²) in [6.07, 6.45) is 1.90. The molecule has 0 radical (unpaired) electrons. The van der Waals surface area contributed by atoms with Crippen LogP contribution in [0, 0.1) is 11.3 Å². The van der Waals surface area contributed by atoms with E-state index in [-0.39, 0.29) is 6.10 Å². The third-order valence-electron chi connectivity index (χ3n) is 2.44. The standard InChI is InChI=1S/C11H13N3O/c1-9-8-14(4-5-15-9)11-6-10(7-12)2-3-13-11/h2-3,6,9H,4-5,8H2,1H3. The Labute approximate surface area is 89.1 Å². The predicted octanol–water partition coefficient (Wildman–Crippen LogP) is 1.18. The van der Waals surface area contributed by atoms with Crippen molar-refractivity contribution in [3.05, 3.63) is 23.9 Å². The summed E-state index contributed by atoms with van der Waals surface area (Å²) in [5.74, 6) is 0.865.